The van der Waals surface area contributed by atoms with Gasteiger partial charge in [0.25, 0.3) is 5.91 Å². The number of nitrogens with one attached hydrogen (secondary N) is 1. The van der Waals surface area contributed by atoms with Crippen LogP contribution in [0.15, 0.2) is 42.5 Å². The molecule has 0 radical (unpaired) electrons. The molecule has 0 fully saturated rings. The number of anilines is 1. The van der Waals surface area contributed by atoms with Crippen LogP contribution in [0.3, 0.4) is 0 Å². The number of benzene rings is 2. The molecule has 1 atom stereocenters. The third-order valence-corrected chi connectivity index (χ3v) is 3.58. The summed E-state index contributed by atoms with van der Waals surface area (Å²) in [6, 6.07) is 12.0. The van der Waals surface area contributed by atoms with E-state index in [0.717, 1.165) is 5.56 Å². The molecule has 1 unspecified atom stereocenters. The second-order valence-corrected chi connectivity index (χ2v) is 5.73. The van der Waals surface area contributed by atoms with E-state index in [1.807, 2.05) is 6.92 Å². The van der Waals surface area contributed by atoms with Gasteiger partial charge in [-0.25, -0.2) is 0 Å². The molecule has 120 valence electrons. The van der Waals surface area contributed by atoms with Crippen molar-refractivity contribution in [1.82, 2.24) is 0 Å². The minimum atomic E-state index is -0.684. The number of Topliss-reactive ketones (excluding diaryl/α,β-unsaturated/α-hetero) is 1. The Morgan fingerprint density at radius 3 is 2.57 bits per heavy atom. The van der Waals surface area contributed by atoms with Crippen LogP contribution in [-0.4, -0.2) is 17.8 Å². The quantitative estimate of drug-likeness (QED) is 0.833. The van der Waals surface area contributed by atoms with Gasteiger partial charge in [0.15, 0.2) is 11.9 Å². The highest BCUT2D eigenvalue weighted by Gasteiger charge is 2.16. The SMILES string of the molecule is CC(=O)c1cccc(NC(=O)C(C)Oc2ccc(Cl)cc2C)c1. The molecule has 0 saturated carbocycles. The van der Waals surface area contributed by atoms with E-state index in [9.17, 15) is 9.59 Å². The Hall–Kier alpha value is -2.33. The van der Waals surface area contributed by atoms with Gasteiger partial charge in [0.05, 0.1) is 0 Å². The monoisotopic (exact) mass is 331 g/mol. The zero-order valence-corrected chi connectivity index (χ0v) is 14.0. The summed E-state index contributed by atoms with van der Waals surface area (Å²) in [5.74, 6) is 0.261. The summed E-state index contributed by atoms with van der Waals surface area (Å²) in [6.07, 6.45) is -0.684. The van der Waals surface area contributed by atoms with Crippen LogP contribution in [0.5, 0.6) is 5.75 Å². The number of carbonyl (C=O) groups excluding carboxylic acids is 2. The molecule has 2 aromatic carbocycles. The first kappa shape index (κ1) is 17.0. The van der Waals surface area contributed by atoms with Gasteiger partial charge in [-0.1, -0.05) is 23.7 Å². The zero-order chi connectivity index (χ0) is 17.0. The molecule has 0 aliphatic heterocycles. The molecule has 1 amide bonds. The lowest BCUT2D eigenvalue weighted by Gasteiger charge is -2.16. The number of ketones is 1. The highest BCUT2D eigenvalue weighted by molar-refractivity contribution is 6.30. The van der Waals surface area contributed by atoms with Gasteiger partial charge in [0.1, 0.15) is 5.75 Å². The smallest absolute Gasteiger partial charge is 0.265 e. The molecule has 0 bridgehead atoms. The van der Waals surface area contributed by atoms with E-state index >= 15 is 0 Å². The number of hydrogen-bond donors (Lipinski definition) is 1. The van der Waals surface area contributed by atoms with Crippen LogP contribution in [0.1, 0.15) is 29.8 Å². The van der Waals surface area contributed by atoms with Gasteiger partial charge in [0.2, 0.25) is 0 Å². The number of halogens is 1. The highest BCUT2D eigenvalue weighted by atomic mass is 35.5. The van der Waals surface area contributed by atoms with Crippen molar-refractivity contribution < 1.29 is 14.3 Å². The van der Waals surface area contributed by atoms with Crippen molar-refractivity contribution in [1.29, 1.82) is 0 Å². The Labute approximate surface area is 140 Å². The van der Waals surface area contributed by atoms with Gasteiger partial charge < -0.3 is 10.1 Å². The summed E-state index contributed by atoms with van der Waals surface area (Å²) >= 11 is 5.90. The van der Waals surface area contributed by atoms with Gasteiger partial charge in [-0.3, -0.25) is 9.59 Å². The normalized spacial score (nSPS) is 11.7. The Morgan fingerprint density at radius 2 is 1.91 bits per heavy atom. The third kappa shape index (κ3) is 4.57. The Bertz CT molecular complexity index is 743. The maximum absolute atomic E-state index is 12.2. The summed E-state index contributed by atoms with van der Waals surface area (Å²) < 4.78 is 5.67. The Morgan fingerprint density at radius 1 is 1.17 bits per heavy atom. The van der Waals surface area contributed by atoms with Crippen LogP contribution < -0.4 is 10.1 Å². The molecule has 0 saturated heterocycles. The number of aryl methyl sites for hydroxylation is 1. The maximum atomic E-state index is 12.2. The van der Waals surface area contributed by atoms with E-state index in [1.165, 1.54) is 6.92 Å². The van der Waals surface area contributed by atoms with Gasteiger partial charge in [-0.2, -0.15) is 0 Å². The van der Waals surface area contributed by atoms with Gasteiger partial charge in [-0.05, 0) is 56.7 Å². The second kappa shape index (κ2) is 7.29. The largest absolute Gasteiger partial charge is 0.481 e. The van der Waals surface area contributed by atoms with E-state index in [-0.39, 0.29) is 11.7 Å². The van der Waals surface area contributed by atoms with Crippen molar-refractivity contribution in [3.63, 3.8) is 0 Å². The molecule has 0 aliphatic carbocycles. The van der Waals surface area contributed by atoms with Crippen molar-refractivity contribution in [3.8, 4) is 5.75 Å². The predicted molar refractivity (Wildman–Crippen MR) is 91.4 cm³/mol. The van der Waals surface area contributed by atoms with Gasteiger partial charge in [-0.15, -0.1) is 0 Å². The summed E-state index contributed by atoms with van der Waals surface area (Å²) in [7, 11) is 0. The number of amides is 1. The number of hydrogen-bond acceptors (Lipinski definition) is 3. The fraction of sp³-hybridized carbons (Fsp3) is 0.222. The first-order valence-electron chi connectivity index (χ1n) is 7.21. The van der Waals surface area contributed by atoms with Gasteiger partial charge >= 0.3 is 0 Å². The van der Waals surface area contributed by atoms with E-state index in [1.54, 1.807) is 49.4 Å². The highest BCUT2D eigenvalue weighted by Crippen LogP contribution is 2.23. The standard InChI is InChI=1S/C18H18ClNO3/c1-11-9-15(19)7-8-17(11)23-13(3)18(22)20-16-6-4-5-14(10-16)12(2)21/h4-10,13H,1-3H3,(H,20,22). The van der Waals surface area contributed by atoms with Crippen LogP contribution in [0.4, 0.5) is 5.69 Å². The Kier molecular flexibility index (Phi) is 5.40. The molecule has 1 N–H and O–H groups in total. The lowest BCUT2D eigenvalue weighted by atomic mass is 10.1. The molecule has 0 spiro atoms. The minimum absolute atomic E-state index is 0.0535. The van der Waals surface area contributed by atoms with Gasteiger partial charge in [0, 0.05) is 16.3 Å². The number of carbonyl (C=O) groups is 2. The molecule has 5 heteroatoms. The molecule has 2 aromatic rings. The minimum Gasteiger partial charge on any atom is -0.481 e. The summed E-state index contributed by atoms with van der Waals surface area (Å²) in [5, 5.41) is 3.36. The number of ether oxygens (including phenoxy) is 1. The van der Waals surface area contributed by atoms with E-state index < -0.39 is 6.10 Å². The molecular weight excluding hydrogens is 314 g/mol. The summed E-state index contributed by atoms with van der Waals surface area (Å²) in [6.45, 7) is 5.01. The molecule has 0 aromatic heterocycles. The van der Waals surface area contributed by atoms with E-state index in [0.29, 0.717) is 22.0 Å². The number of rotatable bonds is 5. The van der Waals surface area contributed by atoms with E-state index in [4.69, 9.17) is 16.3 Å². The van der Waals surface area contributed by atoms with Crippen molar-refractivity contribution in [3.05, 3.63) is 58.6 Å². The van der Waals surface area contributed by atoms with E-state index in [2.05, 4.69) is 5.32 Å². The molecule has 23 heavy (non-hydrogen) atoms. The van der Waals surface area contributed by atoms with Crippen LogP contribution >= 0.6 is 11.6 Å². The van der Waals surface area contributed by atoms with Crippen LogP contribution in [0.25, 0.3) is 0 Å². The maximum Gasteiger partial charge on any atom is 0.265 e. The average molecular weight is 332 g/mol. The molecule has 0 aliphatic rings. The van der Waals surface area contributed by atoms with Crippen molar-refractivity contribution in [2.75, 3.05) is 5.32 Å². The fourth-order valence-corrected chi connectivity index (χ4v) is 2.28. The summed E-state index contributed by atoms with van der Waals surface area (Å²) in [5.41, 5.74) is 1.96. The fourth-order valence-electron chi connectivity index (χ4n) is 2.05. The third-order valence-electron chi connectivity index (χ3n) is 3.35. The van der Waals surface area contributed by atoms with Crippen LogP contribution in [0, 0.1) is 6.92 Å². The zero-order valence-electron chi connectivity index (χ0n) is 13.2. The Balaban J connectivity index is 2.05. The predicted octanol–water partition coefficient (Wildman–Crippen LogP) is 4.26. The molecule has 4 nitrogen and oxygen atoms in total. The molecule has 2 rings (SSSR count). The molecular formula is C18H18ClNO3. The van der Waals surface area contributed by atoms with Crippen LogP contribution in [-0.2, 0) is 4.79 Å². The van der Waals surface area contributed by atoms with Crippen molar-refractivity contribution in [2.45, 2.75) is 26.9 Å². The van der Waals surface area contributed by atoms with Crippen LogP contribution in [0.2, 0.25) is 5.02 Å². The second-order valence-electron chi connectivity index (χ2n) is 5.30. The van der Waals surface area contributed by atoms with Crippen molar-refractivity contribution >= 4 is 29.0 Å². The lowest BCUT2D eigenvalue weighted by molar-refractivity contribution is -0.122. The van der Waals surface area contributed by atoms with Crippen molar-refractivity contribution in [2.24, 2.45) is 0 Å². The average Bonchev–Trinajstić information content (AvgIpc) is 2.50. The topological polar surface area (TPSA) is 55.4 Å². The first-order chi connectivity index (χ1) is 10.9. The summed E-state index contributed by atoms with van der Waals surface area (Å²) in [4.78, 5) is 23.6. The first-order valence-corrected chi connectivity index (χ1v) is 7.59. The lowest BCUT2D eigenvalue weighted by Crippen LogP contribution is -2.30. The molecule has 0 heterocycles.